The van der Waals surface area contributed by atoms with Crippen molar-refractivity contribution in [3.63, 3.8) is 0 Å². The summed E-state index contributed by atoms with van der Waals surface area (Å²) in [7, 11) is 0. The van der Waals surface area contributed by atoms with Crippen LogP contribution >= 0.6 is 0 Å². The van der Waals surface area contributed by atoms with Crippen LogP contribution in [0.25, 0.3) is 22.0 Å². The van der Waals surface area contributed by atoms with Crippen molar-refractivity contribution in [2.24, 2.45) is 5.92 Å². The van der Waals surface area contributed by atoms with E-state index in [0.29, 0.717) is 42.8 Å². The number of pyridine rings is 1. The van der Waals surface area contributed by atoms with E-state index >= 15 is 0 Å². The maximum absolute atomic E-state index is 12.6. The minimum Gasteiger partial charge on any atom is -0.444 e. The molecule has 1 atom stereocenters. The molecule has 1 saturated heterocycles. The number of anilines is 1. The molecule has 2 aromatic heterocycles. The summed E-state index contributed by atoms with van der Waals surface area (Å²) in [5, 5.41) is 5.32. The number of hydrogen-bond acceptors (Lipinski definition) is 8. The SMILES string of the molecule is Cc1ccc2c(CC(=O)C(C)C)cccc2c1Oc1ncccc1-c1ccnc(N[C@H]2CCCN(C(=O)OC(C)(C)C)C2)n1. The zero-order valence-corrected chi connectivity index (χ0v) is 26.4. The lowest BCUT2D eigenvalue weighted by atomic mass is 9.95. The summed E-state index contributed by atoms with van der Waals surface area (Å²) in [6.07, 6.45) is 5.21. The number of amides is 1. The molecule has 1 aliphatic rings. The Kier molecular flexibility index (Phi) is 9.13. The van der Waals surface area contributed by atoms with Crippen molar-refractivity contribution < 1.29 is 19.1 Å². The first-order valence-electron chi connectivity index (χ1n) is 15.2. The number of carbonyl (C=O) groups excluding carboxylic acids is 2. The Balaban J connectivity index is 1.39. The number of ether oxygens (including phenoxy) is 2. The number of ketones is 1. The number of likely N-dealkylation sites (tertiary alicyclic amines) is 1. The molecule has 0 aliphatic carbocycles. The molecule has 1 N–H and O–H groups in total. The maximum atomic E-state index is 12.6. The number of nitrogens with one attached hydrogen (secondary N) is 1. The van der Waals surface area contributed by atoms with Crippen LogP contribution in [0.2, 0.25) is 0 Å². The summed E-state index contributed by atoms with van der Waals surface area (Å²) in [4.78, 5) is 40.8. The minimum atomic E-state index is -0.544. The monoisotopic (exact) mass is 595 g/mol. The molecular formula is C35H41N5O4. The number of fused-ring (bicyclic) bond motifs is 1. The van der Waals surface area contributed by atoms with Gasteiger partial charge in [0, 0.05) is 49.2 Å². The highest BCUT2D eigenvalue weighted by Crippen LogP contribution is 2.37. The second-order valence-electron chi connectivity index (χ2n) is 12.7. The van der Waals surface area contributed by atoms with Gasteiger partial charge in [-0.25, -0.2) is 19.7 Å². The Morgan fingerprint density at radius 1 is 1.02 bits per heavy atom. The first kappa shape index (κ1) is 30.9. The van der Waals surface area contributed by atoms with Gasteiger partial charge in [-0.05, 0) is 75.2 Å². The van der Waals surface area contributed by atoms with Crippen LogP contribution in [0.1, 0.15) is 58.6 Å². The molecule has 9 nitrogen and oxygen atoms in total. The van der Waals surface area contributed by atoms with Crippen molar-refractivity contribution in [3.05, 3.63) is 72.1 Å². The summed E-state index contributed by atoms with van der Waals surface area (Å²) in [5.41, 5.74) is 2.77. The van der Waals surface area contributed by atoms with Gasteiger partial charge < -0.3 is 19.7 Å². The van der Waals surface area contributed by atoms with Gasteiger partial charge in [0.2, 0.25) is 11.8 Å². The van der Waals surface area contributed by atoms with Crippen LogP contribution in [0.5, 0.6) is 11.6 Å². The zero-order valence-electron chi connectivity index (χ0n) is 26.4. The number of carbonyl (C=O) groups is 2. The minimum absolute atomic E-state index is 0.00811. The van der Waals surface area contributed by atoms with E-state index in [1.54, 1.807) is 17.3 Å². The maximum Gasteiger partial charge on any atom is 0.410 e. The Labute approximate surface area is 259 Å². The van der Waals surface area contributed by atoms with E-state index in [4.69, 9.17) is 14.5 Å². The fraction of sp³-hybridized carbons (Fsp3) is 0.400. The molecule has 44 heavy (non-hydrogen) atoms. The highest BCUT2D eigenvalue weighted by Gasteiger charge is 2.28. The molecule has 230 valence electrons. The molecule has 0 radical (unpaired) electrons. The Morgan fingerprint density at radius 2 is 1.84 bits per heavy atom. The number of hydrogen-bond donors (Lipinski definition) is 1. The van der Waals surface area contributed by atoms with E-state index in [1.165, 1.54) is 0 Å². The second-order valence-corrected chi connectivity index (χ2v) is 12.7. The van der Waals surface area contributed by atoms with Gasteiger partial charge in [-0.2, -0.15) is 0 Å². The van der Waals surface area contributed by atoms with Gasteiger partial charge >= 0.3 is 6.09 Å². The molecule has 5 rings (SSSR count). The third-order valence-electron chi connectivity index (χ3n) is 7.62. The lowest BCUT2D eigenvalue weighted by molar-refractivity contribution is -0.121. The smallest absolute Gasteiger partial charge is 0.410 e. The van der Waals surface area contributed by atoms with Crippen molar-refractivity contribution in [1.82, 2.24) is 19.9 Å². The van der Waals surface area contributed by atoms with E-state index in [-0.39, 0.29) is 23.8 Å². The summed E-state index contributed by atoms with van der Waals surface area (Å²) >= 11 is 0. The predicted molar refractivity (Wildman–Crippen MR) is 172 cm³/mol. The molecule has 3 heterocycles. The van der Waals surface area contributed by atoms with Crippen LogP contribution in [0, 0.1) is 12.8 Å². The predicted octanol–water partition coefficient (Wildman–Crippen LogP) is 7.37. The average molecular weight is 596 g/mol. The number of benzene rings is 2. The number of aryl methyl sites for hydroxylation is 1. The van der Waals surface area contributed by atoms with Gasteiger partial charge in [0.15, 0.2) is 0 Å². The molecule has 1 amide bonds. The Morgan fingerprint density at radius 3 is 2.61 bits per heavy atom. The Hall–Kier alpha value is -4.53. The van der Waals surface area contributed by atoms with Gasteiger partial charge in [-0.1, -0.05) is 44.2 Å². The van der Waals surface area contributed by atoms with Crippen molar-refractivity contribution in [2.75, 3.05) is 18.4 Å². The van der Waals surface area contributed by atoms with Gasteiger partial charge in [0.05, 0.1) is 11.3 Å². The molecule has 0 unspecified atom stereocenters. The first-order chi connectivity index (χ1) is 21.0. The molecule has 0 saturated carbocycles. The molecule has 4 aromatic rings. The van der Waals surface area contributed by atoms with E-state index in [0.717, 1.165) is 40.3 Å². The molecule has 1 fully saturated rings. The first-order valence-corrected chi connectivity index (χ1v) is 15.2. The van der Waals surface area contributed by atoms with E-state index in [9.17, 15) is 9.59 Å². The molecule has 9 heteroatoms. The number of aromatic nitrogens is 3. The lowest BCUT2D eigenvalue weighted by Crippen LogP contribution is -2.47. The third kappa shape index (κ3) is 7.33. The number of piperidine rings is 1. The number of Topliss-reactive ketones (excluding diaryl/α,β-unsaturated/α-hetero) is 1. The fourth-order valence-corrected chi connectivity index (χ4v) is 5.30. The van der Waals surface area contributed by atoms with Crippen LogP contribution in [0.15, 0.2) is 60.9 Å². The largest absolute Gasteiger partial charge is 0.444 e. The van der Waals surface area contributed by atoms with Crippen LogP contribution in [0.4, 0.5) is 10.7 Å². The Bertz CT molecular complexity index is 1660. The molecule has 0 spiro atoms. The summed E-state index contributed by atoms with van der Waals surface area (Å²) in [6.45, 7) is 12.6. The standard InChI is InChI=1S/C35H41N5O4/c1-22(2)30(41)20-24-10-7-12-27-26(24)15-14-23(3)31(27)43-32-28(13-8-17-36-32)29-16-18-37-33(39-29)38-25-11-9-19-40(21-25)34(42)44-35(4,5)6/h7-8,10,12-18,22,25H,9,11,19-21H2,1-6H3,(H,37,38,39)/t25-/m0/s1. The molecule has 0 bridgehead atoms. The van der Waals surface area contributed by atoms with Crippen LogP contribution < -0.4 is 10.1 Å². The summed E-state index contributed by atoms with van der Waals surface area (Å²) in [5.74, 6) is 1.75. The van der Waals surface area contributed by atoms with Gasteiger partial charge in [-0.3, -0.25) is 4.79 Å². The topological polar surface area (TPSA) is 107 Å². The number of nitrogens with zero attached hydrogens (tertiary/aromatic N) is 4. The lowest BCUT2D eigenvalue weighted by Gasteiger charge is -2.34. The molecular weight excluding hydrogens is 554 g/mol. The van der Waals surface area contributed by atoms with Crippen molar-refractivity contribution in [1.29, 1.82) is 0 Å². The molecule has 2 aromatic carbocycles. The van der Waals surface area contributed by atoms with Crippen molar-refractivity contribution in [2.45, 2.75) is 72.4 Å². The summed E-state index contributed by atoms with van der Waals surface area (Å²) in [6, 6.07) is 15.6. The normalized spacial score (nSPS) is 15.3. The van der Waals surface area contributed by atoms with Gasteiger partial charge in [-0.15, -0.1) is 0 Å². The van der Waals surface area contributed by atoms with Crippen LogP contribution in [0.3, 0.4) is 0 Å². The van der Waals surface area contributed by atoms with Crippen molar-refractivity contribution in [3.8, 4) is 22.9 Å². The zero-order chi connectivity index (χ0) is 31.4. The quantitative estimate of drug-likeness (QED) is 0.225. The van der Waals surface area contributed by atoms with E-state index < -0.39 is 5.60 Å². The number of rotatable bonds is 8. The van der Waals surface area contributed by atoms with Gasteiger partial charge in [0.25, 0.3) is 0 Å². The highest BCUT2D eigenvalue weighted by atomic mass is 16.6. The van der Waals surface area contributed by atoms with Crippen LogP contribution in [-0.2, 0) is 16.0 Å². The third-order valence-corrected chi connectivity index (χ3v) is 7.62. The summed E-state index contributed by atoms with van der Waals surface area (Å²) < 4.78 is 12.1. The molecule has 1 aliphatic heterocycles. The van der Waals surface area contributed by atoms with Crippen LogP contribution in [-0.4, -0.2) is 56.5 Å². The van der Waals surface area contributed by atoms with E-state index in [2.05, 4.69) is 21.4 Å². The second kappa shape index (κ2) is 13.0. The fourth-order valence-electron chi connectivity index (χ4n) is 5.30. The average Bonchev–Trinajstić information content (AvgIpc) is 2.98. The van der Waals surface area contributed by atoms with Crippen molar-refractivity contribution >= 4 is 28.6 Å². The van der Waals surface area contributed by atoms with Gasteiger partial charge in [0.1, 0.15) is 17.1 Å². The van der Waals surface area contributed by atoms with E-state index in [1.807, 2.05) is 84.0 Å². The highest BCUT2D eigenvalue weighted by molar-refractivity contribution is 5.95.